The minimum absolute atomic E-state index is 0.248. The first kappa shape index (κ1) is 11.3. The molecule has 2 heterocycles. The molecule has 0 saturated carbocycles. The molecule has 15 heavy (non-hydrogen) atoms. The third kappa shape index (κ3) is 2.03. The van der Waals surface area contributed by atoms with Crippen LogP contribution < -0.4 is 5.32 Å². The minimum Gasteiger partial charge on any atom is -0.353 e. The SMILES string of the molecule is CCC1NC(=O)CC12CSCC(C)(C)C2. The van der Waals surface area contributed by atoms with Gasteiger partial charge in [-0.05, 0) is 24.0 Å². The van der Waals surface area contributed by atoms with Gasteiger partial charge in [-0.2, -0.15) is 11.8 Å². The van der Waals surface area contributed by atoms with Gasteiger partial charge in [0.2, 0.25) is 5.91 Å². The van der Waals surface area contributed by atoms with Crippen molar-refractivity contribution in [3.8, 4) is 0 Å². The lowest BCUT2D eigenvalue weighted by Crippen LogP contribution is -2.44. The zero-order valence-corrected chi connectivity index (χ0v) is 10.7. The van der Waals surface area contributed by atoms with Crippen LogP contribution in [0.15, 0.2) is 0 Å². The van der Waals surface area contributed by atoms with Gasteiger partial charge in [-0.15, -0.1) is 0 Å². The Kier molecular flexibility index (Phi) is 2.78. The number of carbonyl (C=O) groups is 1. The number of amides is 1. The highest BCUT2D eigenvalue weighted by atomic mass is 32.2. The van der Waals surface area contributed by atoms with Crippen LogP contribution in [0.3, 0.4) is 0 Å². The van der Waals surface area contributed by atoms with Crippen molar-refractivity contribution in [2.45, 2.75) is 46.1 Å². The van der Waals surface area contributed by atoms with Gasteiger partial charge in [-0.3, -0.25) is 4.79 Å². The van der Waals surface area contributed by atoms with Crippen LogP contribution in [0.2, 0.25) is 0 Å². The molecule has 1 N–H and O–H groups in total. The molecule has 2 saturated heterocycles. The molecule has 1 spiro atoms. The summed E-state index contributed by atoms with van der Waals surface area (Å²) in [6.45, 7) is 6.84. The molecule has 2 aliphatic heterocycles. The van der Waals surface area contributed by atoms with Crippen molar-refractivity contribution in [1.82, 2.24) is 5.32 Å². The Morgan fingerprint density at radius 1 is 1.47 bits per heavy atom. The number of thioether (sulfide) groups is 1. The first-order valence-electron chi connectivity index (χ1n) is 5.85. The molecular weight excluding hydrogens is 206 g/mol. The maximum Gasteiger partial charge on any atom is 0.220 e. The number of hydrogen-bond acceptors (Lipinski definition) is 2. The van der Waals surface area contributed by atoms with Crippen molar-refractivity contribution in [2.75, 3.05) is 11.5 Å². The fraction of sp³-hybridized carbons (Fsp3) is 0.917. The van der Waals surface area contributed by atoms with Gasteiger partial charge < -0.3 is 5.32 Å². The van der Waals surface area contributed by atoms with E-state index in [0.29, 0.717) is 11.5 Å². The van der Waals surface area contributed by atoms with Crippen LogP contribution in [-0.2, 0) is 4.79 Å². The van der Waals surface area contributed by atoms with Gasteiger partial charge in [0.15, 0.2) is 0 Å². The summed E-state index contributed by atoms with van der Waals surface area (Å²) < 4.78 is 0. The molecule has 0 bridgehead atoms. The number of rotatable bonds is 1. The van der Waals surface area contributed by atoms with E-state index in [1.54, 1.807) is 0 Å². The maximum absolute atomic E-state index is 11.6. The van der Waals surface area contributed by atoms with Gasteiger partial charge in [0.25, 0.3) is 0 Å². The fourth-order valence-corrected chi connectivity index (χ4v) is 4.87. The van der Waals surface area contributed by atoms with Gasteiger partial charge in [0.1, 0.15) is 0 Å². The standard InChI is InChI=1S/C12H21NOS/c1-4-9-12(5-10(14)13-9)6-11(2,3)7-15-8-12/h9H,4-8H2,1-3H3,(H,13,14). The summed E-state index contributed by atoms with van der Waals surface area (Å²) in [4.78, 5) is 11.6. The molecule has 0 aliphatic carbocycles. The van der Waals surface area contributed by atoms with Crippen molar-refractivity contribution in [2.24, 2.45) is 10.8 Å². The summed E-state index contributed by atoms with van der Waals surface area (Å²) in [6.07, 6.45) is 3.02. The first-order valence-corrected chi connectivity index (χ1v) is 7.00. The quantitative estimate of drug-likeness (QED) is 0.745. The molecule has 3 heteroatoms. The third-order valence-electron chi connectivity index (χ3n) is 3.71. The molecule has 2 atom stereocenters. The molecule has 2 unspecified atom stereocenters. The topological polar surface area (TPSA) is 29.1 Å². The van der Waals surface area contributed by atoms with Crippen molar-refractivity contribution in [3.63, 3.8) is 0 Å². The Hall–Kier alpha value is -0.180. The summed E-state index contributed by atoms with van der Waals surface area (Å²) in [5, 5.41) is 3.15. The van der Waals surface area contributed by atoms with E-state index in [2.05, 4.69) is 26.1 Å². The van der Waals surface area contributed by atoms with Gasteiger partial charge in [0.05, 0.1) is 0 Å². The van der Waals surface area contributed by atoms with Crippen LogP contribution in [0.4, 0.5) is 0 Å². The van der Waals surface area contributed by atoms with Crippen molar-refractivity contribution in [3.05, 3.63) is 0 Å². The van der Waals surface area contributed by atoms with E-state index in [1.165, 1.54) is 12.2 Å². The summed E-state index contributed by atoms with van der Waals surface area (Å²) in [7, 11) is 0. The average Bonchev–Trinajstić information content (AvgIpc) is 2.39. The van der Waals surface area contributed by atoms with Crippen molar-refractivity contribution >= 4 is 17.7 Å². The van der Waals surface area contributed by atoms with Crippen LogP contribution in [0.1, 0.15) is 40.0 Å². The lowest BCUT2D eigenvalue weighted by molar-refractivity contribution is -0.119. The van der Waals surface area contributed by atoms with Crippen LogP contribution >= 0.6 is 11.8 Å². The Labute approximate surface area is 96.6 Å². The second-order valence-corrected chi connectivity index (χ2v) is 6.89. The van der Waals surface area contributed by atoms with Gasteiger partial charge in [0, 0.05) is 23.6 Å². The largest absolute Gasteiger partial charge is 0.353 e. The molecular formula is C12H21NOS. The summed E-state index contributed by atoms with van der Waals surface area (Å²) in [5.74, 6) is 2.66. The maximum atomic E-state index is 11.6. The van der Waals surface area contributed by atoms with Crippen LogP contribution in [-0.4, -0.2) is 23.5 Å². The number of carbonyl (C=O) groups excluding carboxylic acids is 1. The molecule has 0 aromatic carbocycles. The normalized spacial score (nSPS) is 39.4. The van der Waals surface area contributed by atoms with Crippen LogP contribution in [0, 0.1) is 10.8 Å². The predicted octanol–water partition coefficient (Wildman–Crippen LogP) is 2.43. The van der Waals surface area contributed by atoms with Gasteiger partial charge >= 0.3 is 0 Å². The lowest BCUT2D eigenvalue weighted by atomic mass is 9.69. The molecule has 0 aromatic heterocycles. The molecule has 2 aliphatic rings. The Morgan fingerprint density at radius 2 is 2.20 bits per heavy atom. The van der Waals surface area contributed by atoms with E-state index in [4.69, 9.17) is 0 Å². The van der Waals surface area contributed by atoms with Crippen molar-refractivity contribution in [1.29, 1.82) is 0 Å². The monoisotopic (exact) mass is 227 g/mol. The van der Waals surface area contributed by atoms with Crippen LogP contribution in [0.5, 0.6) is 0 Å². The number of nitrogens with one attached hydrogen (secondary N) is 1. The minimum atomic E-state index is 0.248. The molecule has 0 aromatic rings. The molecule has 0 radical (unpaired) electrons. The summed E-state index contributed by atoms with van der Waals surface area (Å²) in [5.41, 5.74) is 0.640. The lowest BCUT2D eigenvalue weighted by Gasteiger charge is -2.44. The van der Waals surface area contributed by atoms with E-state index in [1.807, 2.05) is 11.8 Å². The first-order chi connectivity index (χ1) is 6.97. The Morgan fingerprint density at radius 3 is 2.80 bits per heavy atom. The van der Waals surface area contributed by atoms with E-state index in [0.717, 1.165) is 18.6 Å². The highest BCUT2D eigenvalue weighted by molar-refractivity contribution is 7.99. The molecule has 2 rings (SSSR count). The third-order valence-corrected chi connectivity index (χ3v) is 5.47. The summed E-state index contributed by atoms with van der Waals surface area (Å²) >= 11 is 2.03. The average molecular weight is 227 g/mol. The highest BCUT2D eigenvalue weighted by Crippen LogP contribution is 2.50. The summed E-state index contributed by atoms with van der Waals surface area (Å²) in [6, 6.07) is 0.414. The van der Waals surface area contributed by atoms with E-state index in [-0.39, 0.29) is 11.3 Å². The second-order valence-electron chi connectivity index (χ2n) is 5.90. The van der Waals surface area contributed by atoms with Crippen molar-refractivity contribution < 1.29 is 4.79 Å². The molecule has 2 nitrogen and oxygen atoms in total. The number of hydrogen-bond donors (Lipinski definition) is 1. The second kappa shape index (κ2) is 3.69. The zero-order chi connectivity index (χ0) is 11.1. The van der Waals surface area contributed by atoms with E-state index < -0.39 is 0 Å². The predicted molar refractivity (Wildman–Crippen MR) is 65.0 cm³/mol. The fourth-order valence-electron chi connectivity index (χ4n) is 3.30. The molecule has 2 fully saturated rings. The van der Waals surface area contributed by atoms with Crippen LogP contribution in [0.25, 0.3) is 0 Å². The smallest absolute Gasteiger partial charge is 0.220 e. The Bertz CT molecular complexity index is 277. The van der Waals surface area contributed by atoms with E-state index in [9.17, 15) is 4.79 Å². The van der Waals surface area contributed by atoms with E-state index >= 15 is 0 Å². The zero-order valence-electron chi connectivity index (χ0n) is 9.93. The van der Waals surface area contributed by atoms with Gasteiger partial charge in [-0.1, -0.05) is 20.8 Å². The van der Waals surface area contributed by atoms with Gasteiger partial charge in [-0.25, -0.2) is 0 Å². The Balaban J connectivity index is 2.20. The highest BCUT2D eigenvalue weighted by Gasteiger charge is 2.50. The molecule has 1 amide bonds. The molecule has 86 valence electrons.